The minimum Gasteiger partial charge on any atom is -0.291 e. The summed E-state index contributed by atoms with van der Waals surface area (Å²) in [6.07, 6.45) is 1.56. The van der Waals surface area contributed by atoms with Crippen LogP contribution in [-0.2, 0) is 10.0 Å². The molecule has 1 aromatic heterocycles. The smallest absolute Gasteiger partial charge is 0.263 e. The lowest BCUT2D eigenvalue weighted by Gasteiger charge is -2.08. The van der Waals surface area contributed by atoms with Crippen molar-refractivity contribution in [3.63, 3.8) is 0 Å². The van der Waals surface area contributed by atoms with Crippen molar-refractivity contribution in [1.82, 2.24) is 9.97 Å². The molecule has 138 valence electrons. The van der Waals surface area contributed by atoms with E-state index in [-0.39, 0.29) is 16.7 Å². The largest absolute Gasteiger partial charge is 0.291 e. The first-order valence-electron chi connectivity index (χ1n) is 7.97. The van der Waals surface area contributed by atoms with E-state index < -0.39 is 15.6 Å². The number of sulfonamides is 1. The van der Waals surface area contributed by atoms with Gasteiger partial charge in [0.05, 0.1) is 11.1 Å². The van der Waals surface area contributed by atoms with E-state index in [1.165, 1.54) is 12.1 Å². The van der Waals surface area contributed by atoms with Crippen molar-refractivity contribution in [3.05, 3.63) is 82.1 Å². The maximum absolute atomic E-state index is 12.3. The molecule has 3 aromatic rings. The minimum absolute atomic E-state index is 0.0108. The molecule has 1 heterocycles. The number of nitrogens with zero attached hydrogens (tertiary/aromatic N) is 2. The second-order valence-electron chi connectivity index (χ2n) is 5.68. The zero-order chi connectivity index (χ0) is 19.3. The Morgan fingerprint density at radius 3 is 2.48 bits per heavy atom. The monoisotopic (exact) mass is 383 g/mol. The molecule has 0 aliphatic carbocycles. The summed E-state index contributed by atoms with van der Waals surface area (Å²) in [4.78, 5) is 18.3. The predicted molar refractivity (Wildman–Crippen MR) is 105 cm³/mol. The molecule has 0 atom stereocenters. The summed E-state index contributed by atoms with van der Waals surface area (Å²) in [5.74, 6) is -0.104. The Bertz CT molecular complexity index is 1110. The Hall–Kier alpha value is -3.46. The molecule has 27 heavy (non-hydrogen) atoms. The third kappa shape index (κ3) is 5.02. The summed E-state index contributed by atoms with van der Waals surface area (Å²) < 4.78 is 27.0. The number of anilines is 2. The summed E-state index contributed by atoms with van der Waals surface area (Å²) in [5.41, 5.74) is 4.05. The van der Waals surface area contributed by atoms with Gasteiger partial charge in [0.15, 0.2) is 0 Å². The minimum atomic E-state index is -3.85. The molecule has 0 aliphatic rings. The van der Waals surface area contributed by atoms with Gasteiger partial charge in [-0.05, 0) is 24.6 Å². The van der Waals surface area contributed by atoms with Crippen LogP contribution in [0.3, 0.4) is 0 Å². The number of rotatable bonds is 6. The third-order valence-electron chi connectivity index (χ3n) is 3.50. The molecule has 0 radical (unpaired) electrons. The highest BCUT2D eigenvalue weighted by atomic mass is 32.2. The topological polar surface area (TPSA) is 116 Å². The van der Waals surface area contributed by atoms with Gasteiger partial charge in [-0.1, -0.05) is 48.0 Å². The average Bonchev–Trinajstić information content (AvgIpc) is 2.63. The van der Waals surface area contributed by atoms with Crippen LogP contribution in [0, 0.1) is 6.92 Å². The van der Waals surface area contributed by atoms with Crippen molar-refractivity contribution in [3.8, 4) is 0 Å². The van der Waals surface area contributed by atoms with E-state index >= 15 is 0 Å². The Labute approximate surface area is 156 Å². The van der Waals surface area contributed by atoms with Gasteiger partial charge < -0.3 is 0 Å². The fraction of sp³-hybridized carbons (Fsp3) is 0.0556. The van der Waals surface area contributed by atoms with E-state index in [2.05, 4.69) is 25.2 Å². The van der Waals surface area contributed by atoms with Gasteiger partial charge in [-0.25, -0.2) is 13.8 Å². The van der Waals surface area contributed by atoms with Crippen molar-refractivity contribution >= 4 is 28.0 Å². The molecule has 0 amide bonds. The van der Waals surface area contributed by atoms with Gasteiger partial charge in [0.25, 0.3) is 15.6 Å². The van der Waals surface area contributed by atoms with E-state index in [0.717, 1.165) is 17.2 Å². The summed E-state index contributed by atoms with van der Waals surface area (Å²) in [7, 11) is -3.85. The number of hydrogen-bond donors (Lipinski definition) is 3. The highest BCUT2D eigenvalue weighted by molar-refractivity contribution is 7.92. The molecule has 0 spiro atoms. The van der Waals surface area contributed by atoms with Crippen LogP contribution in [0.4, 0.5) is 11.8 Å². The molecule has 0 unspecified atom stereocenters. The molecular weight excluding hydrogens is 366 g/mol. The van der Waals surface area contributed by atoms with Crippen molar-refractivity contribution in [2.45, 2.75) is 11.8 Å². The molecular formula is C18H17N5O3S. The number of aromatic amines is 1. The van der Waals surface area contributed by atoms with E-state index in [1.54, 1.807) is 24.4 Å². The van der Waals surface area contributed by atoms with Gasteiger partial charge in [-0.3, -0.25) is 14.5 Å². The van der Waals surface area contributed by atoms with Crippen molar-refractivity contribution < 1.29 is 8.42 Å². The maximum atomic E-state index is 12.3. The van der Waals surface area contributed by atoms with Gasteiger partial charge >= 0.3 is 0 Å². The van der Waals surface area contributed by atoms with Crippen LogP contribution >= 0.6 is 0 Å². The van der Waals surface area contributed by atoms with E-state index in [9.17, 15) is 13.2 Å². The van der Waals surface area contributed by atoms with Crippen LogP contribution in [0.15, 0.2) is 75.5 Å². The zero-order valence-electron chi connectivity index (χ0n) is 14.4. The number of nitrogens with one attached hydrogen (secondary N) is 3. The Kier molecular flexibility index (Phi) is 5.32. The van der Waals surface area contributed by atoms with Gasteiger partial charge in [-0.2, -0.15) is 10.1 Å². The average molecular weight is 383 g/mol. The number of hydrogen-bond acceptors (Lipinski definition) is 6. The lowest BCUT2D eigenvalue weighted by molar-refractivity contribution is 0.601. The lowest BCUT2D eigenvalue weighted by atomic mass is 10.2. The fourth-order valence-electron chi connectivity index (χ4n) is 2.18. The summed E-state index contributed by atoms with van der Waals surface area (Å²) >= 11 is 0. The van der Waals surface area contributed by atoms with Crippen molar-refractivity contribution in [2.24, 2.45) is 5.10 Å². The lowest BCUT2D eigenvalue weighted by Crippen LogP contribution is -2.18. The van der Waals surface area contributed by atoms with Gasteiger partial charge in [0.1, 0.15) is 5.82 Å². The number of aromatic nitrogens is 2. The zero-order valence-corrected chi connectivity index (χ0v) is 15.2. The van der Waals surface area contributed by atoms with Crippen LogP contribution in [0.25, 0.3) is 0 Å². The van der Waals surface area contributed by atoms with Crippen LogP contribution in [-0.4, -0.2) is 24.6 Å². The molecule has 0 fully saturated rings. The van der Waals surface area contributed by atoms with Gasteiger partial charge in [0.2, 0.25) is 5.95 Å². The van der Waals surface area contributed by atoms with Gasteiger partial charge in [-0.15, -0.1) is 0 Å². The standard InChI is InChI=1S/C18H17N5O3S/c1-13-7-9-14(10-8-13)12-19-22-18-20-16(11-17(24)21-18)23-27(25,26)15-5-3-2-4-6-15/h2-12H,1H3,(H3,20,21,22,23,24)/b19-12+. The van der Waals surface area contributed by atoms with Crippen LogP contribution in [0.2, 0.25) is 0 Å². The molecule has 3 N–H and O–H groups in total. The van der Waals surface area contributed by atoms with Crippen molar-refractivity contribution in [1.29, 1.82) is 0 Å². The molecule has 8 nitrogen and oxygen atoms in total. The maximum Gasteiger partial charge on any atom is 0.263 e. The first-order valence-corrected chi connectivity index (χ1v) is 9.46. The van der Waals surface area contributed by atoms with Crippen LogP contribution in [0.1, 0.15) is 11.1 Å². The van der Waals surface area contributed by atoms with Gasteiger partial charge in [0, 0.05) is 6.07 Å². The van der Waals surface area contributed by atoms with Crippen LogP contribution < -0.4 is 15.7 Å². The highest BCUT2D eigenvalue weighted by Gasteiger charge is 2.15. The van der Waals surface area contributed by atoms with E-state index in [4.69, 9.17) is 0 Å². The SMILES string of the molecule is Cc1ccc(/C=N/Nc2nc(NS(=O)(=O)c3ccccc3)cc(=O)[nH]2)cc1. The summed E-state index contributed by atoms with van der Waals surface area (Å²) in [6.45, 7) is 1.98. The van der Waals surface area contributed by atoms with Crippen LogP contribution in [0.5, 0.6) is 0 Å². The first-order chi connectivity index (χ1) is 12.9. The highest BCUT2D eigenvalue weighted by Crippen LogP contribution is 2.13. The quantitative estimate of drug-likeness (QED) is 0.446. The van der Waals surface area contributed by atoms with E-state index in [0.29, 0.717) is 0 Å². The third-order valence-corrected chi connectivity index (χ3v) is 4.87. The second-order valence-corrected chi connectivity index (χ2v) is 7.36. The number of H-pyrrole nitrogens is 1. The number of benzene rings is 2. The normalized spacial score (nSPS) is 11.4. The molecule has 0 bridgehead atoms. The Morgan fingerprint density at radius 2 is 1.78 bits per heavy atom. The second kappa shape index (κ2) is 7.83. The Morgan fingerprint density at radius 1 is 1.07 bits per heavy atom. The number of aryl methyl sites for hydroxylation is 1. The fourth-order valence-corrected chi connectivity index (χ4v) is 3.19. The Balaban J connectivity index is 1.76. The molecule has 9 heteroatoms. The molecule has 0 saturated heterocycles. The predicted octanol–water partition coefficient (Wildman–Crippen LogP) is 2.33. The molecule has 0 aliphatic heterocycles. The summed E-state index contributed by atoms with van der Waals surface area (Å²) in [5, 5.41) is 3.99. The molecule has 2 aromatic carbocycles. The van der Waals surface area contributed by atoms with E-state index in [1.807, 2.05) is 31.2 Å². The molecule has 0 saturated carbocycles. The first kappa shape index (κ1) is 18.3. The molecule has 3 rings (SSSR count). The number of hydrazone groups is 1. The summed E-state index contributed by atoms with van der Waals surface area (Å²) in [6, 6.07) is 16.5. The van der Waals surface area contributed by atoms with Crippen molar-refractivity contribution in [2.75, 3.05) is 10.1 Å².